The second-order valence-electron chi connectivity index (χ2n) is 5.65. The standard InChI is InChI=1S/C15H24N2O/c1-12-5-6-13(16)9-14(12)17-10-15(11-18)7-3-2-4-8-15/h5-6,9,17-18H,2-4,7-8,10-11,16H2,1H3. The number of rotatable bonds is 4. The van der Waals surface area contributed by atoms with Crippen molar-refractivity contribution in [3.8, 4) is 0 Å². The molecule has 4 N–H and O–H groups in total. The van der Waals surface area contributed by atoms with Gasteiger partial charge in [0.15, 0.2) is 0 Å². The van der Waals surface area contributed by atoms with Gasteiger partial charge in [-0.1, -0.05) is 25.3 Å². The number of aliphatic hydroxyl groups is 1. The smallest absolute Gasteiger partial charge is 0.0504 e. The molecule has 18 heavy (non-hydrogen) atoms. The SMILES string of the molecule is Cc1ccc(N)cc1NCC1(CO)CCCCC1. The lowest BCUT2D eigenvalue weighted by Crippen LogP contribution is -2.35. The van der Waals surface area contributed by atoms with Gasteiger partial charge < -0.3 is 16.2 Å². The number of benzene rings is 1. The third-order valence-electron chi connectivity index (χ3n) is 4.17. The van der Waals surface area contributed by atoms with E-state index < -0.39 is 0 Å². The Hall–Kier alpha value is -1.22. The van der Waals surface area contributed by atoms with Gasteiger partial charge in [0.2, 0.25) is 0 Å². The Balaban J connectivity index is 2.03. The van der Waals surface area contributed by atoms with E-state index in [0.29, 0.717) is 0 Å². The molecular weight excluding hydrogens is 224 g/mol. The van der Waals surface area contributed by atoms with Gasteiger partial charge in [0.1, 0.15) is 0 Å². The van der Waals surface area contributed by atoms with Crippen LogP contribution in [0.15, 0.2) is 18.2 Å². The average Bonchev–Trinajstić information content (AvgIpc) is 2.41. The zero-order valence-electron chi connectivity index (χ0n) is 11.2. The van der Waals surface area contributed by atoms with Crippen LogP contribution in [0.25, 0.3) is 0 Å². The maximum Gasteiger partial charge on any atom is 0.0504 e. The molecule has 3 heteroatoms. The number of nitrogens with one attached hydrogen (secondary N) is 1. The highest BCUT2D eigenvalue weighted by molar-refractivity contribution is 5.59. The summed E-state index contributed by atoms with van der Waals surface area (Å²) < 4.78 is 0. The van der Waals surface area contributed by atoms with Gasteiger partial charge in [-0.05, 0) is 37.5 Å². The van der Waals surface area contributed by atoms with E-state index in [2.05, 4.69) is 12.2 Å². The summed E-state index contributed by atoms with van der Waals surface area (Å²) in [7, 11) is 0. The first-order valence-electron chi connectivity index (χ1n) is 6.86. The van der Waals surface area contributed by atoms with Crippen molar-refractivity contribution < 1.29 is 5.11 Å². The summed E-state index contributed by atoms with van der Waals surface area (Å²) in [5.41, 5.74) is 8.95. The van der Waals surface area contributed by atoms with Crippen LogP contribution in [0.5, 0.6) is 0 Å². The molecule has 1 aromatic carbocycles. The molecule has 0 amide bonds. The van der Waals surface area contributed by atoms with Gasteiger partial charge in [-0.15, -0.1) is 0 Å². The minimum Gasteiger partial charge on any atom is -0.399 e. The monoisotopic (exact) mass is 248 g/mol. The molecule has 3 nitrogen and oxygen atoms in total. The minimum atomic E-state index is 0.0648. The molecule has 1 aliphatic carbocycles. The van der Waals surface area contributed by atoms with Crippen LogP contribution in [0.1, 0.15) is 37.7 Å². The fourth-order valence-corrected chi connectivity index (χ4v) is 2.81. The number of hydrogen-bond donors (Lipinski definition) is 3. The number of nitrogen functional groups attached to an aromatic ring is 1. The third kappa shape index (κ3) is 2.96. The van der Waals surface area contributed by atoms with Gasteiger partial charge in [0, 0.05) is 23.3 Å². The lowest BCUT2D eigenvalue weighted by Gasteiger charge is -2.36. The third-order valence-corrected chi connectivity index (χ3v) is 4.17. The molecule has 0 heterocycles. The van der Waals surface area contributed by atoms with E-state index in [9.17, 15) is 5.11 Å². The van der Waals surface area contributed by atoms with Gasteiger partial charge in [0.05, 0.1) is 6.61 Å². The Labute approximate surface area is 109 Å². The first kappa shape index (κ1) is 13.2. The van der Waals surface area contributed by atoms with E-state index in [0.717, 1.165) is 30.8 Å². The molecule has 2 rings (SSSR count). The van der Waals surface area contributed by atoms with E-state index in [-0.39, 0.29) is 12.0 Å². The number of nitrogens with two attached hydrogens (primary N) is 1. The Bertz CT molecular complexity index is 397. The van der Waals surface area contributed by atoms with Crippen LogP contribution in [0, 0.1) is 12.3 Å². The highest BCUT2D eigenvalue weighted by Crippen LogP contribution is 2.36. The van der Waals surface area contributed by atoms with Crippen molar-refractivity contribution in [1.29, 1.82) is 0 Å². The second-order valence-corrected chi connectivity index (χ2v) is 5.65. The zero-order valence-corrected chi connectivity index (χ0v) is 11.2. The molecule has 1 fully saturated rings. The van der Waals surface area contributed by atoms with Crippen molar-refractivity contribution in [2.75, 3.05) is 24.2 Å². The van der Waals surface area contributed by atoms with Gasteiger partial charge in [0.25, 0.3) is 0 Å². The maximum atomic E-state index is 9.68. The predicted molar refractivity (Wildman–Crippen MR) is 76.7 cm³/mol. The van der Waals surface area contributed by atoms with Crippen molar-refractivity contribution >= 4 is 11.4 Å². The summed E-state index contributed by atoms with van der Waals surface area (Å²) in [5.74, 6) is 0. The molecular formula is C15H24N2O. The van der Waals surface area contributed by atoms with Crippen LogP contribution in [-0.4, -0.2) is 18.3 Å². The van der Waals surface area contributed by atoms with Gasteiger partial charge in [-0.2, -0.15) is 0 Å². The van der Waals surface area contributed by atoms with Crippen LogP contribution in [-0.2, 0) is 0 Å². The van der Waals surface area contributed by atoms with E-state index in [4.69, 9.17) is 5.73 Å². The molecule has 1 aliphatic rings. The summed E-state index contributed by atoms with van der Waals surface area (Å²) >= 11 is 0. The predicted octanol–water partition coefficient (Wildman–Crippen LogP) is 2.93. The van der Waals surface area contributed by atoms with Gasteiger partial charge >= 0.3 is 0 Å². The molecule has 0 atom stereocenters. The summed E-state index contributed by atoms with van der Waals surface area (Å²) in [6, 6.07) is 5.93. The van der Waals surface area contributed by atoms with Crippen molar-refractivity contribution in [3.05, 3.63) is 23.8 Å². The molecule has 0 spiro atoms. The average molecular weight is 248 g/mol. The van der Waals surface area contributed by atoms with Crippen LogP contribution in [0.4, 0.5) is 11.4 Å². The number of aliphatic hydroxyl groups excluding tert-OH is 1. The number of hydrogen-bond acceptors (Lipinski definition) is 3. The summed E-state index contributed by atoms with van der Waals surface area (Å²) in [4.78, 5) is 0. The highest BCUT2D eigenvalue weighted by atomic mass is 16.3. The fourth-order valence-electron chi connectivity index (χ4n) is 2.81. The van der Waals surface area contributed by atoms with E-state index in [1.54, 1.807) is 0 Å². The number of aryl methyl sites for hydroxylation is 1. The van der Waals surface area contributed by atoms with Crippen LogP contribution < -0.4 is 11.1 Å². The number of anilines is 2. The molecule has 0 saturated heterocycles. The normalized spacial score (nSPS) is 18.6. The lowest BCUT2D eigenvalue weighted by atomic mass is 9.74. The molecule has 0 unspecified atom stereocenters. The summed E-state index contributed by atoms with van der Waals surface area (Å²) in [6.07, 6.45) is 6.02. The first-order chi connectivity index (χ1) is 8.65. The Kier molecular flexibility index (Phi) is 4.12. The summed E-state index contributed by atoms with van der Waals surface area (Å²) in [6.45, 7) is 3.20. The molecule has 0 aliphatic heterocycles. The van der Waals surface area contributed by atoms with Gasteiger partial charge in [-0.3, -0.25) is 0 Å². The Morgan fingerprint density at radius 3 is 2.67 bits per heavy atom. The lowest BCUT2D eigenvalue weighted by molar-refractivity contribution is 0.0944. The summed E-state index contributed by atoms with van der Waals surface area (Å²) in [5, 5.41) is 13.2. The first-order valence-corrected chi connectivity index (χ1v) is 6.86. The molecule has 1 saturated carbocycles. The topological polar surface area (TPSA) is 58.3 Å². The van der Waals surface area contributed by atoms with E-state index >= 15 is 0 Å². The van der Waals surface area contributed by atoms with Crippen molar-refractivity contribution in [2.45, 2.75) is 39.0 Å². The largest absolute Gasteiger partial charge is 0.399 e. The Morgan fingerprint density at radius 1 is 1.28 bits per heavy atom. The van der Waals surface area contributed by atoms with Crippen molar-refractivity contribution in [2.24, 2.45) is 5.41 Å². The molecule has 0 radical (unpaired) electrons. The molecule has 1 aromatic rings. The quantitative estimate of drug-likeness (QED) is 0.718. The maximum absolute atomic E-state index is 9.68. The van der Waals surface area contributed by atoms with Crippen LogP contribution in [0.2, 0.25) is 0 Å². The Morgan fingerprint density at radius 2 is 2.00 bits per heavy atom. The van der Waals surface area contributed by atoms with Crippen molar-refractivity contribution in [3.63, 3.8) is 0 Å². The van der Waals surface area contributed by atoms with Crippen LogP contribution >= 0.6 is 0 Å². The van der Waals surface area contributed by atoms with E-state index in [1.807, 2.05) is 18.2 Å². The molecule has 0 bridgehead atoms. The highest BCUT2D eigenvalue weighted by Gasteiger charge is 2.31. The molecule has 100 valence electrons. The fraction of sp³-hybridized carbons (Fsp3) is 0.600. The zero-order chi connectivity index (χ0) is 13.0. The van der Waals surface area contributed by atoms with Crippen LogP contribution in [0.3, 0.4) is 0 Å². The second kappa shape index (κ2) is 5.61. The minimum absolute atomic E-state index is 0.0648. The molecule has 0 aromatic heterocycles. The van der Waals surface area contributed by atoms with Gasteiger partial charge in [-0.25, -0.2) is 0 Å². The van der Waals surface area contributed by atoms with Crippen molar-refractivity contribution in [1.82, 2.24) is 0 Å². The van der Waals surface area contributed by atoms with E-state index in [1.165, 1.54) is 24.8 Å².